The number of ether oxygens (including phenoxy) is 3. The van der Waals surface area contributed by atoms with Gasteiger partial charge in [-0.25, -0.2) is 0 Å². The lowest BCUT2D eigenvalue weighted by Gasteiger charge is -2.13. The van der Waals surface area contributed by atoms with Gasteiger partial charge in [0, 0.05) is 6.07 Å². The fraction of sp³-hybridized carbons (Fsp3) is 0.182. The molecule has 0 radical (unpaired) electrons. The minimum Gasteiger partial charge on any atom is -0.489 e. The van der Waals surface area contributed by atoms with Crippen molar-refractivity contribution in [2.75, 3.05) is 24.7 Å². The summed E-state index contributed by atoms with van der Waals surface area (Å²) in [5.74, 6) is 1.96. The first-order chi connectivity index (χ1) is 13.1. The van der Waals surface area contributed by atoms with Crippen LogP contribution in [0.25, 0.3) is 0 Å². The van der Waals surface area contributed by atoms with Gasteiger partial charge in [0.1, 0.15) is 37.1 Å². The molecular weight excluding hydrogens is 340 g/mol. The van der Waals surface area contributed by atoms with Crippen LogP contribution < -0.4 is 25.7 Å². The van der Waals surface area contributed by atoms with Crippen molar-refractivity contribution in [3.63, 3.8) is 0 Å². The van der Waals surface area contributed by atoms with Crippen molar-refractivity contribution in [3.8, 4) is 17.2 Å². The van der Waals surface area contributed by atoms with E-state index in [0.717, 1.165) is 11.1 Å². The topological polar surface area (TPSA) is 79.7 Å². The van der Waals surface area contributed by atoms with Gasteiger partial charge in [0.2, 0.25) is 0 Å². The lowest BCUT2D eigenvalue weighted by molar-refractivity contribution is 0.218. The number of nitrogen functional groups attached to an aromatic ring is 2. The molecule has 0 spiro atoms. The van der Waals surface area contributed by atoms with Crippen LogP contribution in [0.4, 0.5) is 11.4 Å². The zero-order valence-corrected chi connectivity index (χ0v) is 15.4. The highest BCUT2D eigenvalue weighted by Crippen LogP contribution is 2.27. The summed E-state index contributed by atoms with van der Waals surface area (Å²) < 4.78 is 17.1. The first-order valence-corrected chi connectivity index (χ1v) is 8.80. The molecule has 0 heterocycles. The monoisotopic (exact) mass is 364 g/mol. The molecule has 0 atom stereocenters. The van der Waals surface area contributed by atoms with E-state index < -0.39 is 0 Å². The summed E-state index contributed by atoms with van der Waals surface area (Å²) in [6, 6.07) is 21.1. The molecule has 0 bridgehead atoms. The highest BCUT2D eigenvalue weighted by Gasteiger charge is 2.05. The van der Waals surface area contributed by atoms with E-state index >= 15 is 0 Å². The van der Waals surface area contributed by atoms with Gasteiger partial charge in [-0.1, -0.05) is 36.4 Å². The maximum absolute atomic E-state index is 6.06. The molecule has 3 aromatic rings. The average Bonchev–Trinajstić information content (AvgIpc) is 2.68. The Morgan fingerprint density at radius 1 is 0.704 bits per heavy atom. The van der Waals surface area contributed by atoms with Crippen LogP contribution in [0.5, 0.6) is 17.2 Å². The molecule has 5 heteroatoms. The number of anilines is 2. The van der Waals surface area contributed by atoms with Crippen LogP contribution >= 0.6 is 0 Å². The molecule has 5 nitrogen and oxygen atoms in total. The Kier molecular flexibility index (Phi) is 6.05. The molecule has 27 heavy (non-hydrogen) atoms. The van der Waals surface area contributed by atoms with Crippen LogP contribution in [-0.2, 0) is 6.61 Å². The molecular formula is C22H24N2O3. The second-order valence-electron chi connectivity index (χ2n) is 6.21. The Bertz CT molecular complexity index is 882. The second-order valence-corrected chi connectivity index (χ2v) is 6.21. The summed E-state index contributed by atoms with van der Waals surface area (Å²) in [7, 11) is 0. The second kappa shape index (κ2) is 8.85. The molecule has 3 aromatic carbocycles. The van der Waals surface area contributed by atoms with Crippen molar-refractivity contribution in [3.05, 3.63) is 77.9 Å². The number of aryl methyl sites for hydroxylation is 1. The summed E-state index contributed by atoms with van der Waals surface area (Å²) in [6.45, 7) is 3.22. The summed E-state index contributed by atoms with van der Waals surface area (Å²) in [6.07, 6.45) is 0. The minimum atomic E-state index is 0.363. The fourth-order valence-electron chi connectivity index (χ4n) is 2.56. The zero-order valence-electron chi connectivity index (χ0n) is 15.4. The predicted octanol–water partition coefficient (Wildman–Crippen LogP) is 4.20. The predicted molar refractivity (Wildman–Crippen MR) is 108 cm³/mol. The molecule has 0 amide bonds. The lowest BCUT2D eigenvalue weighted by atomic mass is 10.2. The Labute approximate surface area is 159 Å². The summed E-state index contributed by atoms with van der Waals surface area (Å²) in [4.78, 5) is 0. The molecule has 0 saturated carbocycles. The van der Waals surface area contributed by atoms with Crippen molar-refractivity contribution in [1.82, 2.24) is 0 Å². The fourth-order valence-corrected chi connectivity index (χ4v) is 2.56. The normalized spacial score (nSPS) is 10.4. The Morgan fingerprint density at radius 3 is 2.19 bits per heavy atom. The van der Waals surface area contributed by atoms with Crippen molar-refractivity contribution in [2.24, 2.45) is 0 Å². The van der Waals surface area contributed by atoms with Gasteiger partial charge in [0.25, 0.3) is 0 Å². The lowest BCUT2D eigenvalue weighted by Crippen LogP contribution is -2.11. The first-order valence-electron chi connectivity index (χ1n) is 8.80. The van der Waals surface area contributed by atoms with Crippen molar-refractivity contribution < 1.29 is 14.2 Å². The third kappa shape index (κ3) is 5.31. The SMILES string of the molecule is Cc1ccc(N)c(OCCOc2ccc(OCc3ccccc3)cc2N)c1. The van der Waals surface area contributed by atoms with Gasteiger partial charge in [-0.2, -0.15) is 0 Å². The quantitative estimate of drug-likeness (QED) is 0.463. The van der Waals surface area contributed by atoms with E-state index in [9.17, 15) is 0 Å². The summed E-state index contributed by atoms with van der Waals surface area (Å²) in [5.41, 5.74) is 15.3. The van der Waals surface area contributed by atoms with E-state index in [1.165, 1.54) is 0 Å². The number of hydrogen-bond acceptors (Lipinski definition) is 5. The maximum Gasteiger partial charge on any atom is 0.142 e. The summed E-state index contributed by atoms with van der Waals surface area (Å²) >= 11 is 0. The van der Waals surface area contributed by atoms with Gasteiger partial charge in [-0.3, -0.25) is 0 Å². The van der Waals surface area contributed by atoms with Crippen molar-refractivity contribution >= 4 is 11.4 Å². The van der Waals surface area contributed by atoms with Crippen LogP contribution in [0.2, 0.25) is 0 Å². The third-order valence-corrected chi connectivity index (χ3v) is 4.00. The van der Waals surface area contributed by atoms with E-state index in [2.05, 4.69) is 0 Å². The zero-order chi connectivity index (χ0) is 19.1. The molecule has 0 aliphatic heterocycles. The highest BCUT2D eigenvalue weighted by molar-refractivity contribution is 5.56. The molecule has 0 saturated heterocycles. The van der Waals surface area contributed by atoms with Crippen LogP contribution in [0.3, 0.4) is 0 Å². The van der Waals surface area contributed by atoms with Gasteiger partial charge in [-0.05, 0) is 42.3 Å². The van der Waals surface area contributed by atoms with Crippen molar-refractivity contribution in [1.29, 1.82) is 0 Å². The first kappa shape index (κ1) is 18.5. The van der Waals surface area contributed by atoms with Crippen molar-refractivity contribution in [2.45, 2.75) is 13.5 Å². The number of rotatable bonds is 8. The van der Waals surface area contributed by atoms with Gasteiger partial charge in [0.05, 0.1) is 11.4 Å². The van der Waals surface area contributed by atoms with E-state index in [4.69, 9.17) is 25.7 Å². The molecule has 3 rings (SSSR count). The summed E-state index contributed by atoms with van der Waals surface area (Å²) in [5, 5.41) is 0. The van der Waals surface area contributed by atoms with E-state index in [-0.39, 0.29) is 0 Å². The third-order valence-electron chi connectivity index (χ3n) is 4.00. The highest BCUT2D eigenvalue weighted by atomic mass is 16.5. The molecule has 140 valence electrons. The Hall–Kier alpha value is -3.34. The Balaban J connectivity index is 1.48. The number of benzene rings is 3. The van der Waals surface area contributed by atoms with Crippen LogP contribution in [0, 0.1) is 6.92 Å². The molecule has 0 aliphatic carbocycles. The van der Waals surface area contributed by atoms with Crippen LogP contribution in [-0.4, -0.2) is 13.2 Å². The Morgan fingerprint density at radius 2 is 1.44 bits per heavy atom. The number of hydrogen-bond donors (Lipinski definition) is 2. The maximum atomic E-state index is 6.06. The van der Waals surface area contributed by atoms with Gasteiger partial charge in [-0.15, -0.1) is 0 Å². The molecule has 0 fully saturated rings. The van der Waals surface area contributed by atoms with Crippen LogP contribution in [0.15, 0.2) is 66.7 Å². The molecule has 4 N–H and O–H groups in total. The standard InChI is InChI=1S/C22H24N2O3/c1-16-7-9-19(23)22(13-16)26-12-11-25-21-10-8-18(14-20(21)24)27-15-17-5-3-2-4-6-17/h2-10,13-14H,11-12,15,23-24H2,1H3. The van der Waals surface area contributed by atoms with Crippen LogP contribution in [0.1, 0.15) is 11.1 Å². The smallest absolute Gasteiger partial charge is 0.142 e. The largest absolute Gasteiger partial charge is 0.489 e. The average molecular weight is 364 g/mol. The van der Waals surface area contributed by atoms with E-state index in [1.54, 1.807) is 12.1 Å². The minimum absolute atomic E-state index is 0.363. The van der Waals surface area contributed by atoms with Gasteiger partial charge in [0.15, 0.2) is 0 Å². The van der Waals surface area contributed by atoms with Gasteiger partial charge >= 0.3 is 0 Å². The van der Waals surface area contributed by atoms with Gasteiger partial charge < -0.3 is 25.7 Å². The molecule has 0 aromatic heterocycles. The van der Waals surface area contributed by atoms with E-state index in [0.29, 0.717) is 48.4 Å². The molecule has 0 unspecified atom stereocenters. The number of nitrogens with two attached hydrogens (primary N) is 2. The van der Waals surface area contributed by atoms with E-state index in [1.807, 2.05) is 61.5 Å². The molecule has 0 aliphatic rings.